The number of carbonyl (C=O) groups is 1. The number of halogens is 6. The summed E-state index contributed by atoms with van der Waals surface area (Å²) < 4.78 is 35.3. The lowest BCUT2D eigenvalue weighted by molar-refractivity contribution is -0.134. The van der Waals surface area contributed by atoms with Crippen molar-refractivity contribution in [3.63, 3.8) is 0 Å². The Hall–Kier alpha value is 0.530. The van der Waals surface area contributed by atoms with E-state index >= 15 is 0 Å². The van der Waals surface area contributed by atoms with Gasteiger partial charge in [-0.25, -0.2) is 4.39 Å². The van der Waals surface area contributed by atoms with E-state index in [1.165, 1.54) is 22.6 Å². The van der Waals surface area contributed by atoms with Gasteiger partial charge in [0.1, 0.15) is 4.11 Å². The standard InChI is InChI=1S/C4H4Cl2F3IO.C2H4O2/c5-3(7,1-2(10)11)4(6,8)9;1-2(3)4/h2,11H,1H2;1H3,(H,3,4). The number of carboxylic acids is 1. The van der Waals surface area contributed by atoms with Gasteiger partial charge in [-0.15, -0.1) is 0 Å². The van der Waals surface area contributed by atoms with Crippen molar-refractivity contribution in [3.8, 4) is 0 Å². The van der Waals surface area contributed by atoms with Gasteiger partial charge in [0.15, 0.2) is 0 Å². The molecule has 0 amide bonds. The highest BCUT2D eigenvalue weighted by molar-refractivity contribution is 14.1. The van der Waals surface area contributed by atoms with Crippen molar-refractivity contribution in [1.82, 2.24) is 0 Å². The Kier molecular flexibility index (Phi) is 8.33. The largest absolute Gasteiger partial charge is 0.481 e. The summed E-state index contributed by atoms with van der Waals surface area (Å²) in [5.41, 5.74) is 0. The van der Waals surface area contributed by atoms with Gasteiger partial charge >= 0.3 is 5.38 Å². The summed E-state index contributed by atoms with van der Waals surface area (Å²) in [5.74, 6) is -0.833. The minimum atomic E-state index is -4.17. The summed E-state index contributed by atoms with van der Waals surface area (Å²) in [6, 6.07) is 0. The van der Waals surface area contributed by atoms with Gasteiger partial charge < -0.3 is 10.2 Å². The molecule has 0 aliphatic rings. The molecular formula is C6H8Cl2F3IO3. The Balaban J connectivity index is 0. The molecule has 0 radical (unpaired) electrons. The lowest BCUT2D eigenvalue weighted by Gasteiger charge is -2.22. The van der Waals surface area contributed by atoms with Crippen molar-refractivity contribution in [3.05, 3.63) is 0 Å². The minimum Gasteiger partial charge on any atom is -0.481 e. The molecule has 2 unspecified atom stereocenters. The highest BCUT2D eigenvalue weighted by Crippen LogP contribution is 2.43. The van der Waals surface area contributed by atoms with Crippen molar-refractivity contribution in [2.45, 2.75) is 28.0 Å². The number of carboxylic acid groups (broad SMARTS) is 1. The van der Waals surface area contributed by atoms with Crippen LogP contribution in [0.3, 0.4) is 0 Å². The Morgan fingerprint density at radius 2 is 1.73 bits per heavy atom. The van der Waals surface area contributed by atoms with E-state index in [9.17, 15) is 13.2 Å². The number of aliphatic carboxylic acids is 1. The summed E-state index contributed by atoms with van der Waals surface area (Å²) in [6.07, 6.45) is -0.925. The molecule has 3 nitrogen and oxygen atoms in total. The molecule has 92 valence electrons. The molecule has 2 N–H and O–H groups in total. The van der Waals surface area contributed by atoms with E-state index in [1.807, 2.05) is 0 Å². The first-order valence-electron chi connectivity index (χ1n) is 3.36. The summed E-state index contributed by atoms with van der Waals surface area (Å²) in [5, 5.41) is 8.38. The van der Waals surface area contributed by atoms with Gasteiger partial charge in [-0.3, -0.25) is 4.79 Å². The van der Waals surface area contributed by atoms with Crippen molar-refractivity contribution in [2.24, 2.45) is 0 Å². The van der Waals surface area contributed by atoms with Gasteiger partial charge in [0.2, 0.25) is 0 Å². The van der Waals surface area contributed by atoms with Crippen LogP contribution in [-0.2, 0) is 4.79 Å². The van der Waals surface area contributed by atoms with E-state index in [4.69, 9.17) is 26.6 Å². The van der Waals surface area contributed by atoms with Crippen LogP contribution in [0.25, 0.3) is 0 Å². The van der Waals surface area contributed by atoms with E-state index < -0.39 is 27.0 Å². The summed E-state index contributed by atoms with van der Waals surface area (Å²) in [4.78, 5) is 9.00. The van der Waals surface area contributed by atoms with Gasteiger partial charge in [-0.1, -0.05) is 34.2 Å². The Morgan fingerprint density at radius 1 is 1.47 bits per heavy atom. The molecule has 0 heterocycles. The zero-order valence-corrected chi connectivity index (χ0v) is 11.0. The molecule has 0 aromatic rings. The molecule has 0 aliphatic carbocycles. The van der Waals surface area contributed by atoms with E-state index in [2.05, 4.69) is 11.6 Å². The number of aliphatic hydroxyl groups is 1. The lowest BCUT2D eigenvalue weighted by Crippen LogP contribution is -2.36. The molecule has 0 rings (SSSR count). The minimum absolute atomic E-state index is 0.833. The molecule has 15 heavy (non-hydrogen) atoms. The maximum Gasteiger partial charge on any atom is 0.369 e. The lowest BCUT2D eigenvalue weighted by atomic mass is 10.3. The van der Waals surface area contributed by atoms with Crippen LogP contribution < -0.4 is 0 Å². The second-order valence-corrected chi connectivity index (χ2v) is 4.87. The van der Waals surface area contributed by atoms with E-state index in [-0.39, 0.29) is 0 Å². The van der Waals surface area contributed by atoms with Crippen LogP contribution in [-0.4, -0.2) is 30.8 Å². The van der Waals surface area contributed by atoms with Crippen molar-refractivity contribution >= 4 is 51.8 Å². The fourth-order valence-electron chi connectivity index (χ4n) is 0.327. The molecule has 0 aromatic heterocycles. The number of aliphatic hydroxyl groups excluding tert-OH is 1. The van der Waals surface area contributed by atoms with Crippen molar-refractivity contribution in [2.75, 3.05) is 0 Å². The van der Waals surface area contributed by atoms with Crippen molar-refractivity contribution in [1.29, 1.82) is 0 Å². The average molecular weight is 383 g/mol. The molecule has 0 bridgehead atoms. The van der Waals surface area contributed by atoms with Crippen LogP contribution in [0.4, 0.5) is 13.2 Å². The topological polar surface area (TPSA) is 57.5 Å². The molecule has 0 aromatic carbocycles. The first kappa shape index (κ1) is 17.9. The first-order chi connectivity index (χ1) is 6.40. The molecule has 0 fully saturated rings. The summed E-state index contributed by atoms with van der Waals surface area (Å²) >= 11 is 10.4. The number of hydrogen-bond acceptors (Lipinski definition) is 2. The molecule has 2 atom stereocenters. The third-order valence-corrected chi connectivity index (χ3v) is 2.07. The van der Waals surface area contributed by atoms with E-state index in [0.29, 0.717) is 0 Å². The number of hydrogen-bond donors (Lipinski definition) is 2. The molecule has 0 spiro atoms. The second kappa shape index (κ2) is 6.97. The quantitative estimate of drug-likeness (QED) is 0.582. The first-order valence-corrected chi connectivity index (χ1v) is 5.36. The third kappa shape index (κ3) is 10.8. The SMILES string of the molecule is CC(=O)O.OC(I)CC(F)(Cl)C(F)(F)Cl. The van der Waals surface area contributed by atoms with Crippen LogP contribution in [0, 0.1) is 0 Å². The van der Waals surface area contributed by atoms with Gasteiger partial charge in [0.05, 0.1) is 0 Å². The van der Waals surface area contributed by atoms with Crippen LogP contribution >= 0.6 is 45.8 Å². The Morgan fingerprint density at radius 3 is 1.80 bits per heavy atom. The maximum absolute atomic E-state index is 12.6. The molecular weight excluding hydrogens is 375 g/mol. The smallest absolute Gasteiger partial charge is 0.369 e. The van der Waals surface area contributed by atoms with E-state index in [1.54, 1.807) is 0 Å². The fourth-order valence-corrected chi connectivity index (χ4v) is 1.42. The van der Waals surface area contributed by atoms with Gasteiger partial charge in [0, 0.05) is 13.3 Å². The van der Waals surface area contributed by atoms with Crippen molar-refractivity contribution < 1.29 is 28.2 Å². The molecule has 0 saturated heterocycles. The van der Waals surface area contributed by atoms with Gasteiger partial charge in [0.25, 0.3) is 11.1 Å². The average Bonchev–Trinajstić information content (AvgIpc) is 1.78. The predicted octanol–water partition coefficient (Wildman–Crippen LogP) is 2.96. The summed E-state index contributed by atoms with van der Waals surface area (Å²) in [6.45, 7) is 1.08. The van der Waals surface area contributed by atoms with Crippen LogP contribution in [0.2, 0.25) is 0 Å². The normalized spacial score (nSPS) is 17.1. The zero-order valence-electron chi connectivity index (χ0n) is 7.35. The van der Waals surface area contributed by atoms with Crippen LogP contribution in [0.15, 0.2) is 0 Å². The zero-order chi connectivity index (χ0) is 12.9. The third-order valence-electron chi connectivity index (χ3n) is 0.840. The number of alkyl halides is 6. The predicted molar refractivity (Wildman–Crippen MR) is 58.4 cm³/mol. The van der Waals surface area contributed by atoms with E-state index in [0.717, 1.165) is 6.92 Å². The van der Waals surface area contributed by atoms with Gasteiger partial charge in [-0.05, 0) is 11.6 Å². The Bertz CT molecular complexity index is 204. The van der Waals surface area contributed by atoms with Crippen LogP contribution in [0.1, 0.15) is 13.3 Å². The van der Waals surface area contributed by atoms with Gasteiger partial charge in [-0.2, -0.15) is 8.78 Å². The molecule has 0 aliphatic heterocycles. The summed E-state index contributed by atoms with van der Waals surface area (Å²) in [7, 11) is 0. The molecule has 9 heteroatoms. The molecule has 0 saturated carbocycles. The maximum atomic E-state index is 12.6. The number of rotatable bonds is 3. The second-order valence-electron chi connectivity index (χ2n) is 2.36. The highest BCUT2D eigenvalue weighted by Gasteiger charge is 2.53. The van der Waals surface area contributed by atoms with Crippen LogP contribution in [0.5, 0.6) is 0 Å². The highest BCUT2D eigenvalue weighted by atomic mass is 127. The Labute approximate surface area is 108 Å². The fraction of sp³-hybridized carbons (Fsp3) is 0.833. The monoisotopic (exact) mass is 382 g/mol.